The summed E-state index contributed by atoms with van der Waals surface area (Å²) < 4.78 is 60.1. The predicted molar refractivity (Wildman–Crippen MR) is 91.6 cm³/mol. The van der Waals surface area contributed by atoms with Crippen molar-refractivity contribution in [2.75, 3.05) is 32.5 Å². The monoisotopic (exact) mass is 403 g/mol. The Morgan fingerprint density at radius 1 is 1.11 bits per heavy atom. The van der Waals surface area contributed by atoms with Crippen LogP contribution in [-0.4, -0.2) is 45.6 Å². The van der Waals surface area contributed by atoms with Crippen LogP contribution >= 0.6 is 0 Å². The van der Waals surface area contributed by atoms with Gasteiger partial charge in [0.05, 0.1) is 38.1 Å². The SMILES string of the molecule is COC(=O)C1=C(C(=O)OC)N(c2cc(OC(C)C)cc(C(F)(F)F)c2)COC1. The minimum absolute atomic E-state index is 0.0470. The molecule has 1 aliphatic rings. The average Bonchev–Trinajstić information content (AvgIpc) is 2.64. The van der Waals surface area contributed by atoms with E-state index in [4.69, 9.17) is 14.2 Å². The van der Waals surface area contributed by atoms with Crippen LogP contribution in [0.1, 0.15) is 19.4 Å². The van der Waals surface area contributed by atoms with Crippen molar-refractivity contribution in [3.8, 4) is 5.75 Å². The van der Waals surface area contributed by atoms with E-state index in [-0.39, 0.29) is 42.1 Å². The van der Waals surface area contributed by atoms with E-state index in [1.807, 2.05) is 0 Å². The van der Waals surface area contributed by atoms with Crippen LogP contribution in [0.15, 0.2) is 29.5 Å². The lowest BCUT2D eigenvalue weighted by atomic mass is 10.1. The number of carbonyl (C=O) groups excluding carboxylic acids is 2. The van der Waals surface area contributed by atoms with E-state index in [1.54, 1.807) is 13.8 Å². The Kier molecular flexibility index (Phi) is 6.55. The van der Waals surface area contributed by atoms with Crippen molar-refractivity contribution < 1.29 is 41.7 Å². The number of alkyl halides is 3. The van der Waals surface area contributed by atoms with Gasteiger partial charge in [-0.3, -0.25) is 0 Å². The van der Waals surface area contributed by atoms with Crippen LogP contribution in [0, 0.1) is 0 Å². The van der Waals surface area contributed by atoms with Gasteiger partial charge >= 0.3 is 18.1 Å². The highest BCUT2D eigenvalue weighted by Crippen LogP contribution is 2.37. The number of methoxy groups -OCH3 is 2. The maximum atomic E-state index is 13.4. The summed E-state index contributed by atoms with van der Waals surface area (Å²) in [6.07, 6.45) is -5.03. The number of nitrogens with zero attached hydrogens (tertiary/aromatic N) is 1. The number of carbonyl (C=O) groups is 2. The number of anilines is 1. The molecule has 10 heteroatoms. The van der Waals surface area contributed by atoms with Crippen LogP contribution in [0.25, 0.3) is 0 Å². The zero-order chi connectivity index (χ0) is 21.1. The lowest BCUT2D eigenvalue weighted by Crippen LogP contribution is -2.39. The summed E-state index contributed by atoms with van der Waals surface area (Å²) in [4.78, 5) is 25.4. The van der Waals surface area contributed by atoms with Gasteiger partial charge in [-0.25, -0.2) is 9.59 Å². The molecule has 0 saturated heterocycles. The number of halogens is 3. The van der Waals surface area contributed by atoms with E-state index in [9.17, 15) is 22.8 Å². The zero-order valence-electron chi connectivity index (χ0n) is 15.8. The molecule has 1 aromatic carbocycles. The summed E-state index contributed by atoms with van der Waals surface area (Å²) in [5, 5.41) is 0. The lowest BCUT2D eigenvalue weighted by Gasteiger charge is -2.32. The fourth-order valence-corrected chi connectivity index (χ4v) is 2.59. The normalized spacial score (nSPS) is 14.9. The quantitative estimate of drug-likeness (QED) is 0.700. The zero-order valence-corrected chi connectivity index (χ0v) is 15.8. The second-order valence-electron chi connectivity index (χ2n) is 6.10. The fraction of sp³-hybridized carbons (Fsp3) is 0.444. The van der Waals surface area contributed by atoms with Crippen LogP contribution in [0.3, 0.4) is 0 Å². The number of hydrogen-bond acceptors (Lipinski definition) is 7. The molecule has 28 heavy (non-hydrogen) atoms. The Labute approximate surface area is 159 Å². The van der Waals surface area contributed by atoms with Crippen molar-refractivity contribution in [1.82, 2.24) is 0 Å². The fourth-order valence-electron chi connectivity index (χ4n) is 2.59. The standard InChI is InChI=1S/C18H20F3NO6/c1-10(2)28-13-6-11(18(19,20)21)5-12(7-13)22-9-27-8-14(16(23)25-3)15(22)17(24)26-4/h5-7,10H,8-9H2,1-4H3. The van der Waals surface area contributed by atoms with E-state index in [0.717, 1.165) is 31.3 Å². The molecular weight excluding hydrogens is 383 g/mol. The van der Waals surface area contributed by atoms with Gasteiger partial charge < -0.3 is 23.8 Å². The summed E-state index contributed by atoms with van der Waals surface area (Å²) in [5.74, 6) is -1.81. The van der Waals surface area contributed by atoms with Crippen molar-refractivity contribution in [3.05, 3.63) is 35.0 Å². The van der Waals surface area contributed by atoms with Gasteiger partial charge in [-0.2, -0.15) is 13.2 Å². The minimum Gasteiger partial charge on any atom is -0.491 e. The number of benzene rings is 1. The van der Waals surface area contributed by atoms with Crippen LogP contribution in [0.5, 0.6) is 5.75 Å². The van der Waals surface area contributed by atoms with E-state index in [1.165, 1.54) is 6.07 Å². The van der Waals surface area contributed by atoms with Gasteiger partial charge in [0.2, 0.25) is 0 Å². The Hall–Kier alpha value is -2.75. The van der Waals surface area contributed by atoms with Gasteiger partial charge in [-0.1, -0.05) is 0 Å². The molecule has 2 rings (SSSR count). The molecular formula is C18H20F3NO6. The molecule has 0 bridgehead atoms. The largest absolute Gasteiger partial charge is 0.491 e. The van der Waals surface area contributed by atoms with Crippen molar-refractivity contribution in [1.29, 1.82) is 0 Å². The molecule has 154 valence electrons. The predicted octanol–water partition coefficient (Wildman–Crippen LogP) is 2.89. The summed E-state index contributed by atoms with van der Waals surface area (Å²) in [7, 11) is 2.21. The summed E-state index contributed by atoms with van der Waals surface area (Å²) in [5.41, 5.74) is -1.44. The summed E-state index contributed by atoms with van der Waals surface area (Å²) >= 11 is 0. The number of esters is 2. The van der Waals surface area contributed by atoms with Gasteiger partial charge in [0.25, 0.3) is 0 Å². The van der Waals surface area contributed by atoms with Gasteiger partial charge in [0, 0.05) is 11.8 Å². The highest BCUT2D eigenvalue weighted by molar-refractivity contribution is 6.03. The highest BCUT2D eigenvalue weighted by Gasteiger charge is 2.36. The minimum atomic E-state index is -4.65. The summed E-state index contributed by atoms with van der Waals surface area (Å²) in [6, 6.07) is 3.01. The number of rotatable bonds is 5. The van der Waals surface area contributed by atoms with E-state index < -0.39 is 23.7 Å². The van der Waals surface area contributed by atoms with Crippen molar-refractivity contribution >= 4 is 17.6 Å². The lowest BCUT2D eigenvalue weighted by molar-refractivity contribution is -0.140. The van der Waals surface area contributed by atoms with Gasteiger partial charge in [0.15, 0.2) is 0 Å². The first-order valence-corrected chi connectivity index (χ1v) is 8.22. The smallest absolute Gasteiger partial charge is 0.416 e. The van der Waals surface area contributed by atoms with Gasteiger partial charge in [0.1, 0.15) is 18.2 Å². The Morgan fingerprint density at radius 3 is 2.29 bits per heavy atom. The molecule has 0 saturated carbocycles. The Morgan fingerprint density at radius 2 is 1.75 bits per heavy atom. The molecule has 0 fully saturated rings. The molecule has 0 atom stereocenters. The molecule has 0 amide bonds. The van der Waals surface area contributed by atoms with Crippen LogP contribution in [0.4, 0.5) is 18.9 Å². The molecule has 1 heterocycles. The second kappa shape index (κ2) is 8.51. The van der Waals surface area contributed by atoms with Gasteiger partial charge in [-0.15, -0.1) is 0 Å². The number of ether oxygens (including phenoxy) is 4. The summed E-state index contributed by atoms with van der Waals surface area (Å²) in [6.45, 7) is 2.81. The van der Waals surface area contributed by atoms with E-state index in [0.29, 0.717) is 0 Å². The molecule has 0 aromatic heterocycles. The molecule has 1 aliphatic heterocycles. The van der Waals surface area contributed by atoms with Crippen LogP contribution in [0.2, 0.25) is 0 Å². The topological polar surface area (TPSA) is 74.3 Å². The Bertz CT molecular complexity index is 788. The van der Waals surface area contributed by atoms with E-state index in [2.05, 4.69) is 4.74 Å². The highest BCUT2D eigenvalue weighted by atomic mass is 19.4. The maximum Gasteiger partial charge on any atom is 0.416 e. The van der Waals surface area contributed by atoms with Crippen molar-refractivity contribution in [3.63, 3.8) is 0 Å². The van der Waals surface area contributed by atoms with Crippen LogP contribution in [-0.2, 0) is 30.0 Å². The first kappa shape index (κ1) is 21.5. The first-order valence-electron chi connectivity index (χ1n) is 8.22. The first-order chi connectivity index (χ1) is 13.1. The molecule has 0 aliphatic carbocycles. The molecule has 0 N–H and O–H groups in total. The van der Waals surface area contributed by atoms with Crippen LogP contribution < -0.4 is 9.64 Å². The average molecular weight is 403 g/mol. The second-order valence-corrected chi connectivity index (χ2v) is 6.10. The third-order valence-electron chi connectivity index (χ3n) is 3.74. The molecule has 0 unspecified atom stereocenters. The van der Waals surface area contributed by atoms with Gasteiger partial charge in [-0.05, 0) is 26.0 Å². The number of hydrogen-bond donors (Lipinski definition) is 0. The van der Waals surface area contributed by atoms with Crippen molar-refractivity contribution in [2.45, 2.75) is 26.1 Å². The molecule has 0 radical (unpaired) electrons. The molecule has 0 spiro atoms. The molecule has 1 aromatic rings. The van der Waals surface area contributed by atoms with Crippen molar-refractivity contribution in [2.24, 2.45) is 0 Å². The third kappa shape index (κ3) is 4.75. The maximum absolute atomic E-state index is 13.4. The third-order valence-corrected chi connectivity index (χ3v) is 3.74. The molecule has 7 nitrogen and oxygen atoms in total. The van der Waals surface area contributed by atoms with E-state index >= 15 is 0 Å². The Balaban J connectivity index is 2.65.